The summed E-state index contributed by atoms with van der Waals surface area (Å²) in [6.07, 6.45) is 5.09. The number of carbonyl (C=O) groups is 1. The smallest absolute Gasteiger partial charge is 0.270 e. The first-order valence-corrected chi connectivity index (χ1v) is 9.32. The van der Waals surface area contributed by atoms with Crippen LogP contribution in [-0.4, -0.2) is 66.6 Å². The molecule has 1 amide bonds. The summed E-state index contributed by atoms with van der Waals surface area (Å²) in [5.74, 6) is -0.135. The molecule has 148 valence electrons. The lowest BCUT2D eigenvalue weighted by molar-refractivity contribution is 0.0486. The molecule has 10 heteroatoms. The minimum absolute atomic E-state index is 0.115. The van der Waals surface area contributed by atoms with Gasteiger partial charge in [-0.3, -0.25) is 14.0 Å². The molecule has 1 saturated heterocycles. The second-order valence-corrected chi connectivity index (χ2v) is 7.00. The molecule has 0 saturated carbocycles. The number of nitrogens with zero attached hydrogens (tertiary/aromatic N) is 7. The fourth-order valence-electron chi connectivity index (χ4n) is 3.70. The van der Waals surface area contributed by atoms with Crippen LogP contribution in [0.25, 0.3) is 16.7 Å². The van der Waals surface area contributed by atoms with Gasteiger partial charge >= 0.3 is 0 Å². The SMILES string of the molecule is COCCn1c(C(=O)N2CC(n3ccnn3)C2)cc2c(=O)n3ccccc3nc21. The van der Waals surface area contributed by atoms with Gasteiger partial charge in [-0.1, -0.05) is 11.3 Å². The molecule has 0 bridgehead atoms. The molecule has 0 radical (unpaired) electrons. The number of hydrogen-bond acceptors (Lipinski definition) is 6. The Bertz CT molecular complexity index is 1250. The van der Waals surface area contributed by atoms with E-state index in [4.69, 9.17) is 4.74 Å². The van der Waals surface area contributed by atoms with E-state index < -0.39 is 0 Å². The van der Waals surface area contributed by atoms with Gasteiger partial charge in [-0.25, -0.2) is 9.67 Å². The first-order chi connectivity index (χ1) is 14.2. The van der Waals surface area contributed by atoms with Gasteiger partial charge in [-0.2, -0.15) is 0 Å². The molecule has 1 aliphatic heterocycles. The Hall–Kier alpha value is -3.53. The predicted octanol–water partition coefficient (Wildman–Crippen LogP) is 0.584. The minimum Gasteiger partial charge on any atom is -0.383 e. The van der Waals surface area contributed by atoms with Crippen molar-refractivity contribution in [1.82, 2.24) is 33.8 Å². The average Bonchev–Trinajstić information content (AvgIpc) is 3.34. The number of aromatic nitrogens is 6. The van der Waals surface area contributed by atoms with Crippen LogP contribution in [0.1, 0.15) is 16.5 Å². The van der Waals surface area contributed by atoms with E-state index in [-0.39, 0.29) is 17.5 Å². The zero-order chi connectivity index (χ0) is 20.0. The lowest BCUT2D eigenvalue weighted by Gasteiger charge is -2.38. The Morgan fingerprint density at radius 3 is 2.90 bits per heavy atom. The van der Waals surface area contributed by atoms with Crippen molar-refractivity contribution in [2.45, 2.75) is 12.6 Å². The zero-order valence-electron chi connectivity index (χ0n) is 15.8. The Balaban J connectivity index is 1.55. The van der Waals surface area contributed by atoms with Crippen LogP contribution in [0.3, 0.4) is 0 Å². The van der Waals surface area contributed by atoms with E-state index in [0.29, 0.717) is 48.6 Å². The zero-order valence-corrected chi connectivity index (χ0v) is 15.8. The van der Waals surface area contributed by atoms with Gasteiger partial charge in [0.05, 0.1) is 24.2 Å². The summed E-state index contributed by atoms with van der Waals surface area (Å²) in [4.78, 5) is 32.5. The highest BCUT2D eigenvalue weighted by atomic mass is 16.5. The van der Waals surface area contributed by atoms with E-state index in [0.717, 1.165) is 0 Å². The normalized spacial score (nSPS) is 14.6. The van der Waals surface area contributed by atoms with Crippen LogP contribution in [0.2, 0.25) is 0 Å². The summed E-state index contributed by atoms with van der Waals surface area (Å²) >= 11 is 0. The van der Waals surface area contributed by atoms with E-state index in [1.807, 2.05) is 6.07 Å². The summed E-state index contributed by atoms with van der Waals surface area (Å²) < 4.78 is 10.2. The molecule has 0 N–H and O–H groups in total. The van der Waals surface area contributed by atoms with Crippen molar-refractivity contribution in [3.05, 3.63) is 58.9 Å². The molecule has 5 heterocycles. The number of hydrogen-bond donors (Lipinski definition) is 0. The molecule has 0 unspecified atom stereocenters. The lowest BCUT2D eigenvalue weighted by atomic mass is 10.1. The Labute approximate surface area is 164 Å². The summed E-state index contributed by atoms with van der Waals surface area (Å²) in [5, 5.41) is 8.22. The van der Waals surface area contributed by atoms with E-state index in [1.165, 1.54) is 4.40 Å². The number of ether oxygens (including phenoxy) is 1. The molecule has 4 aromatic rings. The number of amides is 1. The first kappa shape index (κ1) is 17.6. The quantitative estimate of drug-likeness (QED) is 0.492. The van der Waals surface area contributed by atoms with Crippen LogP contribution in [0, 0.1) is 0 Å². The van der Waals surface area contributed by atoms with Crippen LogP contribution in [0.5, 0.6) is 0 Å². The van der Waals surface area contributed by atoms with Crippen LogP contribution < -0.4 is 5.56 Å². The summed E-state index contributed by atoms with van der Waals surface area (Å²) in [6, 6.07) is 7.13. The monoisotopic (exact) mass is 393 g/mol. The number of methoxy groups -OCH3 is 1. The lowest BCUT2D eigenvalue weighted by Crippen LogP contribution is -2.51. The van der Waals surface area contributed by atoms with Gasteiger partial charge in [0.15, 0.2) is 0 Å². The van der Waals surface area contributed by atoms with Crippen LogP contribution in [-0.2, 0) is 11.3 Å². The highest BCUT2D eigenvalue weighted by molar-refractivity contribution is 5.98. The average molecular weight is 393 g/mol. The van der Waals surface area contributed by atoms with E-state index in [1.54, 1.807) is 58.0 Å². The van der Waals surface area contributed by atoms with Crippen LogP contribution >= 0.6 is 0 Å². The fourth-order valence-corrected chi connectivity index (χ4v) is 3.70. The van der Waals surface area contributed by atoms with Crippen molar-refractivity contribution in [1.29, 1.82) is 0 Å². The third kappa shape index (κ3) is 2.80. The molecule has 0 aromatic carbocycles. The molecule has 29 heavy (non-hydrogen) atoms. The Morgan fingerprint density at radius 1 is 1.28 bits per heavy atom. The predicted molar refractivity (Wildman–Crippen MR) is 104 cm³/mol. The number of carbonyl (C=O) groups excluding carboxylic acids is 1. The molecular weight excluding hydrogens is 374 g/mol. The van der Waals surface area contributed by atoms with Crippen molar-refractivity contribution in [2.75, 3.05) is 26.8 Å². The van der Waals surface area contributed by atoms with E-state index in [9.17, 15) is 9.59 Å². The largest absolute Gasteiger partial charge is 0.383 e. The summed E-state index contributed by atoms with van der Waals surface area (Å²) in [5.41, 5.74) is 1.28. The van der Waals surface area contributed by atoms with Crippen molar-refractivity contribution < 1.29 is 9.53 Å². The van der Waals surface area contributed by atoms with Gasteiger partial charge in [-0.15, -0.1) is 5.10 Å². The van der Waals surface area contributed by atoms with Crippen LogP contribution in [0.4, 0.5) is 0 Å². The molecule has 0 spiro atoms. The van der Waals surface area contributed by atoms with Crippen molar-refractivity contribution in [3.8, 4) is 0 Å². The Kier molecular flexibility index (Phi) is 4.13. The second kappa shape index (κ2) is 6.82. The number of likely N-dealkylation sites (tertiary alicyclic amines) is 1. The molecule has 0 aliphatic carbocycles. The van der Waals surface area contributed by atoms with E-state index >= 15 is 0 Å². The van der Waals surface area contributed by atoms with Gasteiger partial charge in [0.25, 0.3) is 11.5 Å². The van der Waals surface area contributed by atoms with Gasteiger partial charge in [-0.05, 0) is 18.2 Å². The highest BCUT2D eigenvalue weighted by Crippen LogP contribution is 2.25. The van der Waals surface area contributed by atoms with Gasteiger partial charge < -0.3 is 14.2 Å². The van der Waals surface area contributed by atoms with E-state index in [2.05, 4.69) is 15.3 Å². The third-order valence-electron chi connectivity index (χ3n) is 5.28. The molecule has 5 rings (SSSR count). The first-order valence-electron chi connectivity index (χ1n) is 9.32. The van der Waals surface area contributed by atoms with Crippen molar-refractivity contribution in [2.24, 2.45) is 0 Å². The van der Waals surface area contributed by atoms with Gasteiger partial charge in [0.2, 0.25) is 0 Å². The maximum absolute atomic E-state index is 13.2. The van der Waals surface area contributed by atoms with Crippen molar-refractivity contribution >= 4 is 22.6 Å². The second-order valence-electron chi connectivity index (χ2n) is 7.00. The Morgan fingerprint density at radius 2 is 2.14 bits per heavy atom. The fraction of sp³-hybridized carbons (Fsp3) is 0.316. The standard InChI is InChI=1S/C19H19N7O3/c1-29-9-8-24-15(19(28)23-11-13(12-23)26-7-5-20-22-26)10-14-17(24)21-16-4-2-3-6-25(16)18(14)27/h2-7,10,13H,8-9,11-12H2,1H3. The number of rotatable bonds is 5. The molecule has 1 fully saturated rings. The third-order valence-corrected chi connectivity index (χ3v) is 5.28. The van der Waals surface area contributed by atoms with Crippen LogP contribution in [0.15, 0.2) is 47.7 Å². The molecular formula is C19H19N7O3. The molecule has 4 aromatic heterocycles. The number of fused-ring (bicyclic) bond motifs is 2. The van der Waals surface area contributed by atoms with Crippen molar-refractivity contribution in [3.63, 3.8) is 0 Å². The molecule has 1 aliphatic rings. The van der Waals surface area contributed by atoms with Gasteiger partial charge in [0, 0.05) is 39.1 Å². The molecule has 0 atom stereocenters. The highest BCUT2D eigenvalue weighted by Gasteiger charge is 2.35. The topological polar surface area (TPSA) is 99.5 Å². The summed E-state index contributed by atoms with van der Waals surface area (Å²) in [7, 11) is 1.60. The maximum Gasteiger partial charge on any atom is 0.270 e. The molecule has 10 nitrogen and oxygen atoms in total. The maximum atomic E-state index is 13.2. The summed E-state index contributed by atoms with van der Waals surface area (Å²) in [6.45, 7) is 1.92. The van der Waals surface area contributed by atoms with Gasteiger partial charge in [0.1, 0.15) is 17.0 Å². The number of pyridine rings is 1. The minimum atomic E-state index is -0.195.